The summed E-state index contributed by atoms with van der Waals surface area (Å²) >= 11 is 0. The van der Waals surface area contributed by atoms with Crippen LogP contribution in [0.2, 0.25) is 0 Å². The quantitative estimate of drug-likeness (QED) is 0.468. The lowest BCUT2D eigenvalue weighted by Crippen LogP contribution is -2.52. The van der Waals surface area contributed by atoms with Crippen LogP contribution in [0.25, 0.3) is 0 Å². The molecule has 0 aliphatic carbocycles. The highest BCUT2D eigenvalue weighted by atomic mass is 16.6. The van der Waals surface area contributed by atoms with Crippen molar-refractivity contribution in [3.05, 3.63) is 33.9 Å². The van der Waals surface area contributed by atoms with Gasteiger partial charge in [-0.15, -0.1) is 0 Å². The predicted molar refractivity (Wildman–Crippen MR) is 77.5 cm³/mol. The van der Waals surface area contributed by atoms with Crippen LogP contribution in [0.4, 0.5) is 5.69 Å². The Morgan fingerprint density at radius 3 is 2.62 bits per heavy atom. The number of methoxy groups -OCH3 is 1. The summed E-state index contributed by atoms with van der Waals surface area (Å²) in [5, 5.41) is 13.9. The lowest BCUT2D eigenvalue weighted by atomic mass is 10.0. The number of nitro benzene ring substituents is 1. The number of carbonyl (C=O) groups is 1. The summed E-state index contributed by atoms with van der Waals surface area (Å²) in [5.41, 5.74) is -0.345. The fourth-order valence-corrected chi connectivity index (χ4v) is 1.73. The summed E-state index contributed by atoms with van der Waals surface area (Å²) in [6.45, 7) is 3.43. The number of carbonyl (C=O) groups excluding carboxylic acids is 1. The Bertz CT molecular complexity index is 532. The van der Waals surface area contributed by atoms with Gasteiger partial charge in [0, 0.05) is 6.07 Å². The highest BCUT2D eigenvalue weighted by Crippen LogP contribution is 2.29. The Hall–Kier alpha value is -2.15. The van der Waals surface area contributed by atoms with Crippen molar-refractivity contribution in [3.63, 3.8) is 0 Å². The van der Waals surface area contributed by atoms with Gasteiger partial charge in [0.25, 0.3) is 0 Å². The number of benzene rings is 1. The van der Waals surface area contributed by atoms with Gasteiger partial charge in [-0.1, -0.05) is 13.0 Å². The molecule has 0 aliphatic rings. The third-order valence-corrected chi connectivity index (χ3v) is 3.33. The monoisotopic (exact) mass is 296 g/mol. The van der Waals surface area contributed by atoms with Crippen LogP contribution in [0.15, 0.2) is 18.2 Å². The number of nitrogens with one attached hydrogen (secondary N) is 1. The number of ether oxygens (including phenoxy) is 2. The largest absolute Gasteiger partial charge is 0.484 e. The first-order chi connectivity index (χ1) is 9.87. The molecule has 1 aromatic rings. The molecule has 7 heteroatoms. The average Bonchev–Trinajstić information content (AvgIpc) is 2.51. The minimum absolute atomic E-state index is 0.0809. The molecule has 0 amide bonds. The van der Waals surface area contributed by atoms with Crippen LogP contribution in [0.3, 0.4) is 0 Å². The molecule has 0 saturated heterocycles. The Morgan fingerprint density at radius 2 is 2.14 bits per heavy atom. The molecule has 0 spiro atoms. The van der Waals surface area contributed by atoms with Crippen LogP contribution < -0.4 is 10.1 Å². The summed E-state index contributed by atoms with van der Waals surface area (Å²) in [6, 6.07) is 4.78. The molecule has 0 saturated carbocycles. The van der Waals surface area contributed by atoms with E-state index in [-0.39, 0.29) is 18.0 Å². The SMILES string of the molecule is CCc1ccc(OCC(C)(NC)C(=O)OC)c([N+](=O)[O-])c1. The normalized spacial score (nSPS) is 13.3. The zero-order chi connectivity index (χ0) is 16.0. The maximum absolute atomic E-state index is 11.7. The van der Waals surface area contributed by atoms with E-state index >= 15 is 0 Å². The third kappa shape index (κ3) is 3.91. The molecule has 0 heterocycles. The molecule has 0 radical (unpaired) electrons. The second kappa shape index (κ2) is 7.03. The van der Waals surface area contributed by atoms with Crippen LogP contribution in [0.5, 0.6) is 5.75 Å². The van der Waals surface area contributed by atoms with E-state index < -0.39 is 16.4 Å². The molecule has 0 aromatic heterocycles. The predicted octanol–water partition coefficient (Wildman–Crippen LogP) is 1.69. The van der Waals surface area contributed by atoms with Crippen molar-refractivity contribution >= 4 is 11.7 Å². The minimum atomic E-state index is -1.08. The Labute approximate surface area is 123 Å². The number of hydrogen-bond acceptors (Lipinski definition) is 6. The van der Waals surface area contributed by atoms with Crippen molar-refractivity contribution in [2.24, 2.45) is 0 Å². The minimum Gasteiger partial charge on any atom is -0.484 e. The molecule has 0 fully saturated rings. The highest BCUT2D eigenvalue weighted by Gasteiger charge is 2.34. The second-order valence-electron chi connectivity index (χ2n) is 4.78. The number of hydrogen-bond donors (Lipinski definition) is 1. The van der Waals surface area contributed by atoms with Gasteiger partial charge >= 0.3 is 11.7 Å². The summed E-state index contributed by atoms with van der Waals surface area (Å²) < 4.78 is 10.2. The van der Waals surface area contributed by atoms with Crippen LogP contribution in [0.1, 0.15) is 19.4 Å². The molecule has 0 aliphatic heterocycles. The van der Waals surface area contributed by atoms with Gasteiger partial charge in [0.15, 0.2) is 5.75 Å². The first-order valence-electron chi connectivity index (χ1n) is 6.55. The van der Waals surface area contributed by atoms with Gasteiger partial charge in [-0.3, -0.25) is 10.1 Å². The zero-order valence-electron chi connectivity index (χ0n) is 12.6. The summed E-state index contributed by atoms with van der Waals surface area (Å²) in [5.74, 6) is -0.375. The molecule has 0 bridgehead atoms. The van der Waals surface area contributed by atoms with E-state index in [0.717, 1.165) is 5.56 Å². The number of nitro groups is 1. The molecular formula is C14H20N2O5. The van der Waals surface area contributed by atoms with E-state index in [1.807, 2.05) is 6.92 Å². The van der Waals surface area contributed by atoms with Crippen molar-refractivity contribution in [3.8, 4) is 5.75 Å². The van der Waals surface area contributed by atoms with Gasteiger partial charge in [-0.2, -0.15) is 0 Å². The lowest BCUT2D eigenvalue weighted by Gasteiger charge is -2.25. The van der Waals surface area contributed by atoms with Gasteiger partial charge in [0.05, 0.1) is 12.0 Å². The van der Waals surface area contributed by atoms with E-state index in [4.69, 9.17) is 9.47 Å². The summed E-state index contributed by atoms with van der Waals surface area (Å²) in [4.78, 5) is 22.3. The molecular weight excluding hydrogens is 276 g/mol. The molecule has 1 N–H and O–H groups in total. The van der Waals surface area contributed by atoms with E-state index in [1.54, 1.807) is 26.1 Å². The number of nitrogens with zero attached hydrogens (tertiary/aromatic N) is 1. The summed E-state index contributed by atoms with van der Waals surface area (Å²) in [6.07, 6.45) is 0.692. The van der Waals surface area contributed by atoms with Crippen molar-refractivity contribution in [1.82, 2.24) is 5.32 Å². The van der Waals surface area contributed by atoms with Crippen molar-refractivity contribution < 1.29 is 19.2 Å². The van der Waals surface area contributed by atoms with E-state index in [9.17, 15) is 14.9 Å². The van der Waals surface area contributed by atoms with E-state index in [1.165, 1.54) is 13.2 Å². The van der Waals surface area contributed by atoms with E-state index in [0.29, 0.717) is 6.42 Å². The van der Waals surface area contributed by atoms with Gasteiger partial charge in [0.1, 0.15) is 12.1 Å². The van der Waals surface area contributed by atoms with Gasteiger partial charge in [-0.05, 0) is 32.0 Å². The average molecular weight is 296 g/mol. The first-order valence-corrected chi connectivity index (χ1v) is 6.55. The van der Waals surface area contributed by atoms with Gasteiger partial charge < -0.3 is 14.8 Å². The first kappa shape index (κ1) is 16.9. The Kier molecular flexibility index (Phi) is 5.66. The Morgan fingerprint density at radius 1 is 1.48 bits per heavy atom. The molecule has 116 valence electrons. The number of rotatable bonds is 7. The van der Waals surface area contributed by atoms with Crippen LogP contribution >= 0.6 is 0 Å². The van der Waals surface area contributed by atoms with Crippen molar-refractivity contribution in [2.45, 2.75) is 25.8 Å². The maximum atomic E-state index is 11.7. The molecule has 1 atom stereocenters. The maximum Gasteiger partial charge on any atom is 0.329 e. The third-order valence-electron chi connectivity index (χ3n) is 3.33. The number of likely N-dealkylation sites (N-methyl/N-ethyl adjacent to an activating group) is 1. The fraction of sp³-hybridized carbons (Fsp3) is 0.500. The molecule has 21 heavy (non-hydrogen) atoms. The van der Waals surface area contributed by atoms with Gasteiger partial charge in [0.2, 0.25) is 0 Å². The van der Waals surface area contributed by atoms with Crippen LogP contribution in [-0.4, -0.2) is 37.2 Å². The molecule has 1 aromatic carbocycles. The highest BCUT2D eigenvalue weighted by molar-refractivity contribution is 5.80. The lowest BCUT2D eigenvalue weighted by molar-refractivity contribution is -0.386. The second-order valence-corrected chi connectivity index (χ2v) is 4.78. The van der Waals surface area contributed by atoms with Crippen molar-refractivity contribution in [1.29, 1.82) is 0 Å². The van der Waals surface area contributed by atoms with Crippen molar-refractivity contribution in [2.75, 3.05) is 20.8 Å². The van der Waals surface area contributed by atoms with E-state index in [2.05, 4.69) is 5.32 Å². The molecule has 1 unspecified atom stereocenters. The van der Waals surface area contributed by atoms with Crippen LogP contribution in [0, 0.1) is 10.1 Å². The number of aryl methyl sites for hydroxylation is 1. The number of esters is 1. The molecule has 7 nitrogen and oxygen atoms in total. The van der Waals surface area contributed by atoms with Crippen LogP contribution in [-0.2, 0) is 16.0 Å². The van der Waals surface area contributed by atoms with Gasteiger partial charge in [-0.25, -0.2) is 4.79 Å². The summed E-state index contributed by atoms with van der Waals surface area (Å²) in [7, 11) is 2.87. The standard InChI is InChI=1S/C14H20N2O5/c1-5-10-6-7-12(11(8-10)16(18)19)21-9-14(2,15-3)13(17)20-4/h6-8,15H,5,9H2,1-4H3. The topological polar surface area (TPSA) is 90.7 Å². The smallest absolute Gasteiger partial charge is 0.329 e. The molecule has 1 rings (SSSR count). The Balaban J connectivity index is 2.97. The fourth-order valence-electron chi connectivity index (χ4n) is 1.73. The zero-order valence-corrected chi connectivity index (χ0v) is 12.6.